The molecule has 1 aromatic rings. The van der Waals surface area contributed by atoms with Gasteiger partial charge in [-0.1, -0.05) is 0 Å². The van der Waals surface area contributed by atoms with Crippen LogP contribution in [0.2, 0.25) is 0 Å². The number of hydrogen-bond acceptors (Lipinski definition) is 2. The number of halogens is 1. The van der Waals surface area contributed by atoms with E-state index in [1.54, 1.807) is 0 Å². The van der Waals surface area contributed by atoms with E-state index in [4.69, 9.17) is 0 Å². The predicted octanol–water partition coefficient (Wildman–Crippen LogP) is 2.37. The zero-order valence-corrected chi connectivity index (χ0v) is 11.2. The molecule has 0 radical (unpaired) electrons. The van der Waals surface area contributed by atoms with E-state index in [0.717, 1.165) is 31.5 Å². The monoisotopic (exact) mass is 330 g/mol. The zero-order valence-electron chi connectivity index (χ0n) is 9.00. The normalized spacial score (nSPS) is 21.1. The molecule has 86 valence electrons. The SMILES string of the molecule is O=C1NCCCCC1Nc1ccc(I)cc1. The molecular weight excluding hydrogens is 315 g/mol. The Labute approximate surface area is 109 Å². The molecule has 2 N–H and O–H groups in total. The fraction of sp³-hybridized carbons (Fsp3) is 0.417. The summed E-state index contributed by atoms with van der Waals surface area (Å²) in [6, 6.07) is 8.03. The van der Waals surface area contributed by atoms with Crippen molar-refractivity contribution < 1.29 is 4.79 Å². The fourth-order valence-electron chi connectivity index (χ4n) is 1.82. The molecule has 1 aromatic carbocycles. The topological polar surface area (TPSA) is 41.1 Å². The van der Waals surface area contributed by atoms with Gasteiger partial charge in [-0.25, -0.2) is 0 Å². The third kappa shape index (κ3) is 3.10. The van der Waals surface area contributed by atoms with E-state index in [1.807, 2.05) is 24.3 Å². The van der Waals surface area contributed by atoms with Crippen LogP contribution in [0.25, 0.3) is 0 Å². The number of hydrogen-bond donors (Lipinski definition) is 2. The van der Waals surface area contributed by atoms with Gasteiger partial charge in [0.1, 0.15) is 6.04 Å². The lowest BCUT2D eigenvalue weighted by Crippen LogP contribution is -2.37. The summed E-state index contributed by atoms with van der Waals surface area (Å²) >= 11 is 2.27. The van der Waals surface area contributed by atoms with Crippen molar-refractivity contribution in [3.8, 4) is 0 Å². The Hall–Kier alpha value is -0.780. The van der Waals surface area contributed by atoms with Crippen molar-refractivity contribution in [2.24, 2.45) is 0 Å². The van der Waals surface area contributed by atoms with Crippen molar-refractivity contribution in [1.29, 1.82) is 0 Å². The molecule has 1 unspecified atom stereocenters. The lowest BCUT2D eigenvalue weighted by atomic mass is 10.1. The minimum Gasteiger partial charge on any atom is -0.374 e. The molecule has 4 heteroatoms. The first kappa shape index (κ1) is 11.7. The molecule has 1 heterocycles. The van der Waals surface area contributed by atoms with E-state index in [1.165, 1.54) is 3.57 Å². The number of carbonyl (C=O) groups is 1. The largest absolute Gasteiger partial charge is 0.374 e. The quantitative estimate of drug-likeness (QED) is 0.818. The van der Waals surface area contributed by atoms with Gasteiger partial charge >= 0.3 is 0 Å². The molecule has 1 saturated heterocycles. The summed E-state index contributed by atoms with van der Waals surface area (Å²) in [5, 5.41) is 6.21. The van der Waals surface area contributed by atoms with Gasteiger partial charge in [-0.05, 0) is 66.1 Å². The molecule has 2 rings (SSSR count). The molecule has 0 spiro atoms. The number of carbonyl (C=O) groups excluding carboxylic acids is 1. The second-order valence-electron chi connectivity index (χ2n) is 3.99. The minimum absolute atomic E-state index is 0.0810. The molecule has 0 aliphatic carbocycles. The van der Waals surface area contributed by atoms with Crippen LogP contribution >= 0.6 is 22.6 Å². The lowest BCUT2D eigenvalue weighted by molar-refractivity contribution is -0.121. The van der Waals surface area contributed by atoms with Gasteiger partial charge in [-0.15, -0.1) is 0 Å². The van der Waals surface area contributed by atoms with Crippen molar-refractivity contribution >= 4 is 34.2 Å². The van der Waals surface area contributed by atoms with Gasteiger partial charge in [0, 0.05) is 15.8 Å². The first-order valence-corrected chi connectivity index (χ1v) is 6.63. The van der Waals surface area contributed by atoms with E-state index >= 15 is 0 Å². The average Bonchev–Trinajstić information content (AvgIpc) is 2.48. The summed E-state index contributed by atoms with van der Waals surface area (Å²) in [5.74, 6) is 0.121. The summed E-state index contributed by atoms with van der Waals surface area (Å²) in [6.45, 7) is 0.809. The third-order valence-electron chi connectivity index (χ3n) is 2.72. The Kier molecular flexibility index (Phi) is 4.04. The van der Waals surface area contributed by atoms with Crippen molar-refractivity contribution in [2.45, 2.75) is 25.3 Å². The Morgan fingerprint density at radius 2 is 2.00 bits per heavy atom. The van der Waals surface area contributed by atoms with Gasteiger partial charge in [0.25, 0.3) is 0 Å². The molecule has 1 amide bonds. The van der Waals surface area contributed by atoms with Crippen LogP contribution in [-0.2, 0) is 4.79 Å². The number of benzene rings is 1. The molecule has 1 aliphatic heterocycles. The van der Waals surface area contributed by atoms with Crippen molar-refractivity contribution in [3.05, 3.63) is 27.8 Å². The fourth-order valence-corrected chi connectivity index (χ4v) is 2.18. The summed E-state index contributed by atoms with van der Waals surface area (Å²) in [5.41, 5.74) is 1.02. The average molecular weight is 330 g/mol. The van der Waals surface area contributed by atoms with Crippen LogP contribution in [0.3, 0.4) is 0 Å². The second-order valence-corrected chi connectivity index (χ2v) is 5.24. The van der Waals surface area contributed by atoms with Crippen LogP contribution in [0.15, 0.2) is 24.3 Å². The maximum Gasteiger partial charge on any atom is 0.242 e. The highest BCUT2D eigenvalue weighted by Gasteiger charge is 2.19. The molecule has 16 heavy (non-hydrogen) atoms. The number of anilines is 1. The van der Waals surface area contributed by atoms with E-state index in [0.29, 0.717) is 0 Å². The van der Waals surface area contributed by atoms with Crippen LogP contribution in [-0.4, -0.2) is 18.5 Å². The van der Waals surface area contributed by atoms with Crippen molar-refractivity contribution in [3.63, 3.8) is 0 Å². The van der Waals surface area contributed by atoms with Gasteiger partial charge in [0.05, 0.1) is 0 Å². The summed E-state index contributed by atoms with van der Waals surface area (Å²) in [7, 11) is 0. The lowest BCUT2D eigenvalue weighted by Gasteiger charge is -2.16. The predicted molar refractivity (Wildman–Crippen MR) is 73.4 cm³/mol. The van der Waals surface area contributed by atoms with Gasteiger partial charge in [-0.3, -0.25) is 4.79 Å². The van der Waals surface area contributed by atoms with E-state index in [2.05, 4.69) is 33.2 Å². The van der Waals surface area contributed by atoms with E-state index in [9.17, 15) is 4.79 Å². The van der Waals surface area contributed by atoms with Crippen molar-refractivity contribution in [2.75, 3.05) is 11.9 Å². The zero-order chi connectivity index (χ0) is 11.4. The Morgan fingerprint density at radius 1 is 1.25 bits per heavy atom. The Balaban J connectivity index is 2.02. The van der Waals surface area contributed by atoms with E-state index < -0.39 is 0 Å². The van der Waals surface area contributed by atoms with Gasteiger partial charge < -0.3 is 10.6 Å². The highest BCUT2D eigenvalue weighted by molar-refractivity contribution is 14.1. The summed E-state index contributed by atoms with van der Waals surface area (Å²) in [4.78, 5) is 11.7. The highest BCUT2D eigenvalue weighted by Crippen LogP contribution is 2.15. The van der Waals surface area contributed by atoms with Crippen molar-refractivity contribution in [1.82, 2.24) is 5.32 Å². The molecule has 1 aliphatic rings. The Bertz CT molecular complexity index is 364. The maximum absolute atomic E-state index is 11.7. The van der Waals surface area contributed by atoms with Gasteiger partial charge in [0.15, 0.2) is 0 Å². The number of nitrogens with one attached hydrogen (secondary N) is 2. The maximum atomic E-state index is 11.7. The molecule has 3 nitrogen and oxygen atoms in total. The van der Waals surface area contributed by atoms with Crippen LogP contribution in [0.4, 0.5) is 5.69 Å². The van der Waals surface area contributed by atoms with Gasteiger partial charge in [-0.2, -0.15) is 0 Å². The Morgan fingerprint density at radius 3 is 2.75 bits per heavy atom. The second kappa shape index (κ2) is 5.52. The molecule has 0 aromatic heterocycles. The number of amides is 1. The molecule has 1 atom stereocenters. The number of rotatable bonds is 2. The van der Waals surface area contributed by atoms with E-state index in [-0.39, 0.29) is 11.9 Å². The van der Waals surface area contributed by atoms with Crippen LogP contribution in [0, 0.1) is 3.57 Å². The van der Waals surface area contributed by atoms with Crippen LogP contribution in [0.5, 0.6) is 0 Å². The highest BCUT2D eigenvalue weighted by atomic mass is 127. The molecule has 1 fully saturated rings. The van der Waals surface area contributed by atoms with Gasteiger partial charge in [0.2, 0.25) is 5.91 Å². The van der Waals surface area contributed by atoms with Crippen LogP contribution < -0.4 is 10.6 Å². The molecular formula is C12H15IN2O. The standard InChI is InChI=1S/C12H15IN2O/c13-9-4-6-10(7-5-9)15-11-3-1-2-8-14-12(11)16/h4-7,11,15H,1-3,8H2,(H,14,16). The third-order valence-corrected chi connectivity index (χ3v) is 3.44. The van der Waals surface area contributed by atoms with Crippen LogP contribution in [0.1, 0.15) is 19.3 Å². The minimum atomic E-state index is -0.0810. The molecule has 0 saturated carbocycles. The first-order valence-electron chi connectivity index (χ1n) is 5.55. The molecule has 0 bridgehead atoms. The summed E-state index contributed by atoms with van der Waals surface area (Å²) < 4.78 is 1.20. The first-order chi connectivity index (χ1) is 7.75. The smallest absolute Gasteiger partial charge is 0.242 e. The summed E-state index contributed by atoms with van der Waals surface area (Å²) in [6.07, 6.45) is 3.09.